The summed E-state index contributed by atoms with van der Waals surface area (Å²) < 4.78 is 10.9. The van der Waals surface area contributed by atoms with Gasteiger partial charge in [0.05, 0.1) is 26.4 Å². The minimum Gasteiger partial charge on any atom is -0.379 e. The van der Waals surface area contributed by atoms with Crippen LogP contribution in [0.2, 0.25) is 0 Å². The van der Waals surface area contributed by atoms with Gasteiger partial charge in [-0.1, -0.05) is 18.2 Å². The maximum Gasteiger partial charge on any atom is 0.0642 e. The molecule has 0 radical (unpaired) electrons. The van der Waals surface area contributed by atoms with Crippen LogP contribution in [0.25, 0.3) is 0 Å². The van der Waals surface area contributed by atoms with Crippen LogP contribution in [-0.2, 0) is 16.0 Å². The van der Waals surface area contributed by atoms with Gasteiger partial charge in [0.1, 0.15) is 0 Å². The van der Waals surface area contributed by atoms with Crippen molar-refractivity contribution in [3.8, 4) is 0 Å². The molecule has 0 aliphatic carbocycles. The van der Waals surface area contributed by atoms with Gasteiger partial charge in [0.2, 0.25) is 0 Å². The van der Waals surface area contributed by atoms with E-state index >= 15 is 0 Å². The van der Waals surface area contributed by atoms with Crippen LogP contribution < -0.4 is 4.90 Å². The Hall–Kier alpha value is -1.10. The van der Waals surface area contributed by atoms with E-state index in [0.29, 0.717) is 0 Å². The zero-order valence-electron chi connectivity index (χ0n) is 11.4. The van der Waals surface area contributed by atoms with Crippen LogP contribution in [0.4, 0.5) is 5.69 Å². The smallest absolute Gasteiger partial charge is 0.0642 e. The Morgan fingerprint density at radius 2 is 1.47 bits per heavy atom. The minimum absolute atomic E-state index is 0.839. The summed E-state index contributed by atoms with van der Waals surface area (Å²) >= 11 is 0. The Bertz CT molecular complexity index is 399. The van der Waals surface area contributed by atoms with Crippen LogP contribution >= 0.6 is 0 Å². The molecule has 2 aliphatic heterocycles. The van der Waals surface area contributed by atoms with Crippen molar-refractivity contribution in [2.45, 2.75) is 6.54 Å². The molecule has 0 amide bonds. The third-order valence-electron chi connectivity index (χ3n) is 3.84. The van der Waals surface area contributed by atoms with Gasteiger partial charge in [-0.25, -0.2) is 0 Å². The van der Waals surface area contributed by atoms with Crippen molar-refractivity contribution in [2.75, 3.05) is 57.5 Å². The summed E-state index contributed by atoms with van der Waals surface area (Å²) in [6.07, 6.45) is 0. The van der Waals surface area contributed by atoms with Crippen LogP contribution in [0.15, 0.2) is 24.3 Å². The predicted octanol–water partition coefficient (Wildman–Crippen LogP) is 1.36. The van der Waals surface area contributed by atoms with Crippen molar-refractivity contribution < 1.29 is 9.47 Å². The largest absolute Gasteiger partial charge is 0.379 e. The number of nitrogens with zero attached hydrogens (tertiary/aromatic N) is 2. The molecule has 104 valence electrons. The Morgan fingerprint density at radius 3 is 2.21 bits per heavy atom. The normalized spacial score (nSPS) is 21.6. The number of anilines is 1. The zero-order chi connectivity index (χ0) is 12.9. The molecular formula is C15H22N2O2. The van der Waals surface area contributed by atoms with Crippen molar-refractivity contribution in [3.63, 3.8) is 0 Å². The Morgan fingerprint density at radius 1 is 0.842 bits per heavy atom. The molecule has 2 heterocycles. The third-order valence-corrected chi connectivity index (χ3v) is 3.84. The summed E-state index contributed by atoms with van der Waals surface area (Å²) in [5.41, 5.74) is 2.79. The first-order valence-corrected chi connectivity index (χ1v) is 7.14. The molecule has 0 spiro atoms. The average Bonchev–Trinajstić information content (AvgIpc) is 2.50. The molecule has 1 aromatic carbocycles. The molecule has 19 heavy (non-hydrogen) atoms. The first-order valence-electron chi connectivity index (χ1n) is 7.14. The highest BCUT2D eigenvalue weighted by atomic mass is 16.5. The van der Waals surface area contributed by atoms with E-state index in [1.165, 1.54) is 11.3 Å². The zero-order valence-corrected chi connectivity index (χ0v) is 11.4. The summed E-state index contributed by atoms with van der Waals surface area (Å²) in [6.45, 7) is 8.50. The van der Waals surface area contributed by atoms with Gasteiger partial charge in [0, 0.05) is 38.4 Å². The molecule has 0 unspecified atom stereocenters. The highest BCUT2D eigenvalue weighted by molar-refractivity contribution is 5.53. The SMILES string of the molecule is c1ccc(N2CCOCC2)c(CN2CCOCC2)c1. The average molecular weight is 262 g/mol. The molecule has 0 N–H and O–H groups in total. The minimum atomic E-state index is 0.839. The van der Waals surface area contributed by atoms with Gasteiger partial charge >= 0.3 is 0 Å². The summed E-state index contributed by atoms with van der Waals surface area (Å²) in [6, 6.07) is 8.76. The van der Waals surface area contributed by atoms with Crippen molar-refractivity contribution >= 4 is 5.69 Å². The van der Waals surface area contributed by atoms with Gasteiger partial charge in [-0.05, 0) is 11.6 Å². The van der Waals surface area contributed by atoms with Gasteiger partial charge < -0.3 is 14.4 Å². The molecule has 3 rings (SSSR count). The quantitative estimate of drug-likeness (QED) is 0.821. The number of hydrogen-bond acceptors (Lipinski definition) is 4. The first-order chi connectivity index (χ1) is 9.43. The topological polar surface area (TPSA) is 24.9 Å². The van der Waals surface area contributed by atoms with Crippen LogP contribution in [0.3, 0.4) is 0 Å². The molecule has 0 bridgehead atoms. The molecular weight excluding hydrogens is 240 g/mol. The van der Waals surface area contributed by atoms with Gasteiger partial charge in [-0.3, -0.25) is 4.90 Å². The lowest BCUT2D eigenvalue weighted by Gasteiger charge is -2.33. The molecule has 4 nitrogen and oxygen atoms in total. The second-order valence-corrected chi connectivity index (χ2v) is 5.12. The Balaban J connectivity index is 1.72. The van der Waals surface area contributed by atoms with E-state index < -0.39 is 0 Å². The molecule has 4 heteroatoms. The van der Waals surface area contributed by atoms with E-state index in [1.54, 1.807) is 0 Å². The van der Waals surface area contributed by atoms with Crippen molar-refractivity contribution in [2.24, 2.45) is 0 Å². The highest BCUT2D eigenvalue weighted by Gasteiger charge is 2.17. The van der Waals surface area contributed by atoms with E-state index in [2.05, 4.69) is 34.1 Å². The molecule has 0 saturated carbocycles. The van der Waals surface area contributed by atoms with Crippen molar-refractivity contribution in [1.29, 1.82) is 0 Å². The number of morpholine rings is 2. The molecule has 2 saturated heterocycles. The third kappa shape index (κ3) is 3.26. The van der Waals surface area contributed by atoms with Crippen LogP contribution in [0.5, 0.6) is 0 Å². The fraction of sp³-hybridized carbons (Fsp3) is 0.600. The number of hydrogen-bond donors (Lipinski definition) is 0. The summed E-state index contributed by atoms with van der Waals surface area (Å²) in [5.74, 6) is 0. The molecule has 2 fully saturated rings. The lowest BCUT2D eigenvalue weighted by Crippen LogP contribution is -2.38. The maximum atomic E-state index is 5.44. The molecule has 1 aromatic rings. The van der Waals surface area contributed by atoms with Gasteiger partial charge in [0.25, 0.3) is 0 Å². The summed E-state index contributed by atoms with van der Waals surface area (Å²) in [4.78, 5) is 4.92. The standard InChI is InChI=1S/C15H22N2O2/c1-2-4-15(17-7-11-19-12-8-17)14(3-1)13-16-5-9-18-10-6-16/h1-4H,5-13H2. The van der Waals surface area contributed by atoms with Gasteiger partial charge in [-0.15, -0.1) is 0 Å². The number of rotatable bonds is 3. The van der Waals surface area contributed by atoms with E-state index in [-0.39, 0.29) is 0 Å². The van der Waals surface area contributed by atoms with E-state index in [0.717, 1.165) is 59.2 Å². The van der Waals surface area contributed by atoms with Crippen LogP contribution in [0.1, 0.15) is 5.56 Å². The second-order valence-electron chi connectivity index (χ2n) is 5.12. The Labute approximate surface area is 114 Å². The molecule has 0 aromatic heterocycles. The fourth-order valence-electron chi connectivity index (χ4n) is 2.76. The van der Waals surface area contributed by atoms with Crippen molar-refractivity contribution in [3.05, 3.63) is 29.8 Å². The van der Waals surface area contributed by atoms with E-state index in [1.807, 2.05) is 0 Å². The summed E-state index contributed by atoms with van der Waals surface area (Å²) in [5, 5.41) is 0. The van der Waals surface area contributed by atoms with Crippen LogP contribution in [-0.4, -0.2) is 57.5 Å². The fourth-order valence-corrected chi connectivity index (χ4v) is 2.76. The summed E-state index contributed by atoms with van der Waals surface area (Å²) in [7, 11) is 0. The number of para-hydroxylation sites is 1. The van der Waals surface area contributed by atoms with E-state index in [9.17, 15) is 0 Å². The van der Waals surface area contributed by atoms with Crippen molar-refractivity contribution in [1.82, 2.24) is 4.90 Å². The monoisotopic (exact) mass is 262 g/mol. The predicted molar refractivity (Wildman–Crippen MR) is 75.6 cm³/mol. The molecule has 0 atom stereocenters. The lowest BCUT2D eigenvalue weighted by molar-refractivity contribution is 0.0342. The molecule has 2 aliphatic rings. The van der Waals surface area contributed by atoms with E-state index in [4.69, 9.17) is 9.47 Å². The second kappa shape index (κ2) is 6.37. The first kappa shape index (κ1) is 12.9. The maximum absolute atomic E-state index is 5.44. The van der Waals surface area contributed by atoms with Gasteiger partial charge in [-0.2, -0.15) is 0 Å². The van der Waals surface area contributed by atoms with Crippen LogP contribution in [0, 0.1) is 0 Å². The lowest BCUT2D eigenvalue weighted by atomic mass is 10.1. The number of ether oxygens (including phenoxy) is 2. The highest BCUT2D eigenvalue weighted by Crippen LogP contribution is 2.23. The number of benzene rings is 1. The van der Waals surface area contributed by atoms with Gasteiger partial charge in [0.15, 0.2) is 0 Å². The Kier molecular flexibility index (Phi) is 4.33.